The van der Waals surface area contributed by atoms with Crippen LogP contribution < -0.4 is 5.32 Å². The van der Waals surface area contributed by atoms with Crippen molar-refractivity contribution in [1.29, 1.82) is 0 Å². The van der Waals surface area contributed by atoms with E-state index in [4.69, 9.17) is 4.42 Å². The van der Waals surface area contributed by atoms with E-state index < -0.39 is 0 Å². The summed E-state index contributed by atoms with van der Waals surface area (Å²) in [7, 11) is 4.08. The van der Waals surface area contributed by atoms with Gasteiger partial charge in [0.25, 0.3) is 5.91 Å². The summed E-state index contributed by atoms with van der Waals surface area (Å²) in [6.45, 7) is 1.44. The van der Waals surface area contributed by atoms with Crippen LogP contribution in [0, 0.1) is 0 Å². The molecule has 4 heteroatoms. The number of benzene rings is 1. The van der Waals surface area contributed by atoms with Crippen LogP contribution in [0.25, 0.3) is 0 Å². The molecule has 2 aromatic rings. The van der Waals surface area contributed by atoms with E-state index in [0.29, 0.717) is 12.1 Å². The lowest BCUT2D eigenvalue weighted by Crippen LogP contribution is -2.22. The molecule has 2 rings (SSSR count). The number of furan rings is 1. The second kappa shape index (κ2) is 6.20. The summed E-state index contributed by atoms with van der Waals surface area (Å²) in [5, 5.41) is 2.85. The summed E-state index contributed by atoms with van der Waals surface area (Å²) in [4.78, 5) is 13.8. The molecule has 0 atom stereocenters. The molecular weight excluding hydrogens is 240 g/mol. The average Bonchev–Trinajstić information content (AvgIpc) is 2.91. The van der Waals surface area contributed by atoms with Crippen molar-refractivity contribution in [2.24, 2.45) is 0 Å². The first-order valence-corrected chi connectivity index (χ1v) is 6.18. The average molecular weight is 258 g/mol. The quantitative estimate of drug-likeness (QED) is 0.895. The van der Waals surface area contributed by atoms with E-state index in [9.17, 15) is 4.79 Å². The third-order valence-electron chi connectivity index (χ3n) is 2.76. The lowest BCUT2D eigenvalue weighted by atomic mass is 10.1. The van der Waals surface area contributed by atoms with Gasteiger partial charge in [-0.05, 0) is 31.3 Å². The fourth-order valence-electron chi connectivity index (χ4n) is 1.81. The van der Waals surface area contributed by atoms with E-state index in [1.165, 1.54) is 18.1 Å². The highest BCUT2D eigenvalue weighted by Crippen LogP contribution is 2.06. The Morgan fingerprint density at radius 1 is 1.16 bits per heavy atom. The summed E-state index contributed by atoms with van der Waals surface area (Å²) in [5.41, 5.74) is 2.89. The molecule has 0 aliphatic rings. The Morgan fingerprint density at radius 2 is 1.84 bits per heavy atom. The molecule has 0 aliphatic carbocycles. The summed E-state index contributed by atoms with van der Waals surface area (Å²) in [6, 6.07) is 9.89. The molecule has 1 aromatic heterocycles. The van der Waals surface area contributed by atoms with Crippen molar-refractivity contribution in [2.75, 3.05) is 14.1 Å². The van der Waals surface area contributed by atoms with Gasteiger partial charge in [0.05, 0.1) is 11.8 Å². The van der Waals surface area contributed by atoms with Gasteiger partial charge < -0.3 is 14.6 Å². The maximum atomic E-state index is 11.7. The van der Waals surface area contributed by atoms with Gasteiger partial charge >= 0.3 is 0 Å². The van der Waals surface area contributed by atoms with Crippen molar-refractivity contribution < 1.29 is 9.21 Å². The van der Waals surface area contributed by atoms with Crippen molar-refractivity contribution in [2.45, 2.75) is 13.1 Å². The molecule has 0 spiro atoms. The Balaban J connectivity index is 1.88. The number of rotatable bonds is 5. The molecule has 0 fully saturated rings. The molecule has 100 valence electrons. The summed E-state index contributed by atoms with van der Waals surface area (Å²) in [6.07, 6.45) is 2.93. The maximum absolute atomic E-state index is 11.7. The van der Waals surface area contributed by atoms with Gasteiger partial charge in [-0.15, -0.1) is 0 Å². The molecule has 0 unspecified atom stereocenters. The first-order valence-electron chi connectivity index (χ1n) is 6.18. The van der Waals surface area contributed by atoms with E-state index in [2.05, 4.69) is 22.3 Å². The van der Waals surface area contributed by atoms with E-state index >= 15 is 0 Å². The van der Waals surface area contributed by atoms with Crippen LogP contribution in [-0.4, -0.2) is 24.9 Å². The third-order valence-corrected chi connectivity index (χ3v) is 2.76. The van der Waals surface area contributed by atoms with E-state index in [1.807, 2.05) is 26.2 Å². The molecule has 0 radical (unpaired) electrons. The topological polar surface area (TPSA) is 45.5 Å². The normalized spacial score (nSPS) is 10.7. The zero-order chi connectivity index (χ0) is 13.7. The van der Waals surface area contributed by atoms with Crippen LogP contribution in [0.4, 0.5) is 0 Å². The van der Waals surface area contributed by atoms with Crippen molar-refractivity contribution in [3.05, 3.63) is 59.5 Å². The van der Waals surface area contributed by atoms with Gasteiger partial charge in [0.15, 0.2) is 0 Å². The molecule has 0 saturated heterocycles. The molecule has 1 N–H and O–H groups in total. The fraction of sp³-hybridized carbons (Fsp3) is 0.267. The highest BCUT2D eigenvalue weighted by Gasteiger charge is 2.05. The molecule has 4 nitrogen and oxygen atoms in total. The first-order chi connectivity index (χ1) is 9.15. The van der Waals surface area contributed by atoms with Gasteiger partial charge in [0.1, 0.15) is 6.26 Å². The van der Waals surface area contributed by atoms with Crippen LogP contribution in [-0.2, 0) is 13.1 Å². The predicted octanol–water partition coefficient (Wildman–Crippen LogP) is 2.27. The molecular formula is C15H18N2O2. The summed E-state index contributed by atoms with van der Waals surface area (Å²) >= 11 is 0. The van der Waals surface area contributed by atoms with Crippen LogP contribution in [0.2, 0.25) is 0 Å². The van der Waals surface area contributed by atoms with Gasteiger partial charge in [-0.1, -0.05) is 24.3 Å². The molecule has 0 aliphatic heterocycles. The minimum absolute atomic E-state index is 0.119. The van der Waals surface area contributed by atoms with Gasteiger partial charge in [0.2, 0.25) is 0 Å². The van der Waals surface area contributed by atoms with Gasteiger partial charge in [-0.3, -0.25) is 4.79 Å². The SMILES string of the molecule is CN(C)Cc1ccc(CNC(=O)c2ccoc2)cc1. The lowest BCUT2D eigenvalue weighted by molar-refractivity contribution is 0.0950. The number of carbonyl (C=O) groups excluding carboxylic acids is 1. The van der Waals surface area contributed by atoms with Crippen LogP contribution in [0.5, 0.6) is 0 Å². The van der Waals surface area contributed by atoms with E-state index in [1.54, 1.807) is 6.07 Å². The van der Waals surface area contributed by atoms with E-state index in [-0.39, 0.29) is 5.91 Å². The Labute approximate surface area is 113 Å². The van der Waals surface area contributed by atoms with Gasteiger partial charge in [-0.25, -0.2) is 0 Å². The third kappa shape index (κ3) is 3.96. The molecule has 0 bridgehead atoms. The van der Waals surface area contributed by atoms with Crippen LogP contribution >= 0.6 is 0 Å². The number of nitrogens with one attached hydrogen (secondary N) is 1. The first kappa shape index (κ1) is 13.4. The smallest absolute Gasteiger partial charge is 0.254 e. The van der Waals surface area contributed by atoms with Crippen molar-refractivity contribution in [1.82, 2.24) is 10.2 Å². The second-order valence-electron chi connectivity index (χ2n) is 4.75. The molecule has 1 heterocycles. The van der Waals surface area contributed by atoms with Crippen LogP contribution in [0.15, 0.2) is 47.3 Å². The van der Waals surface area contributed by atoms with Crippen LogP contribution in [0.1, 0.15) is 21.5 Å². The molecule has 0 saturated carbocycles. The zero-order valence-corrected chi connectivity index (χ0v) is 11.2. The van der Waals surface area contributed by atoms with Gasteiger partial charge in [-0.2, -0.15) is 0 Å². The number of amides is 1. The highest BCUT2D eigenvalue weighted by molar-refractivity contribution is 5.93. The van der Waals surface area contributed by atoms with Crippen molar-refractivity contribution >= 4 is 5.91 Å². The van der Waals surface area contributed by atoms with Crippen molar-refractivity contribution in [3.8, 4) is 0 Å². The summed E-state index contributed by atoms with van der Waals surface area (Å²) in [5.74, 6) is -0.119. The molecule has 19 heavy (non-hydrogen) atoms. The minimum Gasteiger partial charge on any atom is -0.472 e. The highest BCUT2D eigenvalue weighted by atomic mass is 16.3. The molecule has 1 amide bonds. The monoisotopic (exact) mass is 258 g/mol. The Bertz CT molecular complexity index is 516. The zero-order valence-electron chi connectivity index (χ0n) is 11.2. The van der Waals surface area contributed by atoms with Crippen molar-refractivity contribution in [3.63, 3.8) is 0 Å². The number of nitrogens with zero attached hydrogens (tertiary/aromatic N) is 1. The Kier molecular flexibility index (Phi) is 4.36. The minimum atomic E-state index is -0.119. The number of hydrogen-bond acceptors (Lipinski definition) is 3. The second-order valence-corrected chi connectivity index (χ2v) is 4.75. The molecule has 1 aromatic carbocycles. The standard InChI is InChI=1S/C15H18N2O2/c1-17(2)10-13-5-3-12(4-6-13)9-16-15(18)14-7-8-19-11-14/h3-8,11H,9-10H2,1-2H3,(H,16,18). The summed E-state index contributed by atoms with van der Waals surface area (Å²) < 4.78 is 4.87. The predicted molar refractivity (Wildman–Crippen MR) is 73.7 cm³/mol. The largest absolute Gasteiger partial charge is 0.472 e. The maximum Gasteiger partial charge on any atom is 0.254 e. The Hall–Kier alpha value is -2.07. The van der Waals surface area contributed by atoms with Gasteiger partial charge in [0, 0.05) is 13.1 Å². The van der Waals surface area contributed by atoms with Crippen LogP contribution in [0.3, 0.4) is 0 Å². The number of carbonyl (C=O) groups is 1. The van der Waals surface area contributed by atoms with E-state index in [0.717, 1.165) is 12.1 Å². The number of hydrogen-bond donors (Lipinski definition) is 1. The Morgan fingerprint density at radius 3 is 2.42 bits per heavy atom. The lowest BCUT2D eigenvalue weighted by Gasteiger charge is -2.10. The fourth-order valence-corrected chi connectivity index (χ4v) is 1.81.